The Kier molecular flexibility index (Phi) is 9.30. The molecule has 0 aliphatic rings. The number of unbranched alkanes of at least 4 members (excludes halogenated alkanes) is 1. The van der Waals surface area contributed by atoms with E-state index in [2.05, 4.69) is 19.2 Å². The summed E-state index contributed by atoms with van der Waals surface area (Å²) >= 11 is 0. The minimum Gasteiger partial charge on any atom is -0.369 e. The maximum Gasteiger partial charge on any atom is 0.246 e. The molecule has 0 aromatic carbocycles. The number of carbonyl (C=O) groups is 1. The molecule has 0 aliphatic heterocycles. The van der Waals surface area contributed by atoms with E-state index < -0.39 is 0 Å². The van der Waals surface area contributed by atoms with Gasteiger partial charge < -0.3 is 10.1 Å². The van der Waals surface area contributed by atoms with Crippen molar-refractivity contribution in [3.63, 3.8) is 0 Å². The van der Waals surface area contributed by atoms with Gasteiger partial charge >= 0.3 is 0 Å². The third kappa shape index (κ3) is 9.97. The highest BCUT2D eigenvalue weighted by Crippen LogP contribution is 2.10. The molecule has 1 unspecified atom stereocenters. The fourth-order valence-corrected chi connectivity index (χ4v) is 1.34. The molecule has 3 nitrogen and oxygen atoms in total. The van der Waals surface area contributed by atoms with Crippen molar-refractivity contribution in [3.8, 4) is 0 Å². The third-order valence-corrected chi connectivity index (χ3v) is 2.69. The maximum atomic E-state index is 11.3. The zero-order valence-electron chi connectivity index (χ0n) is 11.2. The highest BCUT2D eigenvalue weighted by atomic mass is 16.5. The number of hydrogen-bond acceptors (Lipinski definition) is 2. The van der Waals surface area contributed by atoms with Crippen LogP contribution in [0.1, 0.15) is 53.4 Å². The van der Waals surface area contributed by atoms with Crippen molar-refractivity contribution in [1.82, 2.24) is 5.32 Å². The van der Waals surface area contributed by atoms with Crippen LogP contribution < -0.4 is 5.32 Å². The zero-order chi connectivity index (χ0) is 12.4. The van der Waals surface area contributed by atoms with Gasteiger partial charge in [0.25, 0.3) is 0 Å². The Labute approximate surface area is 99.9 Å². The normalized spacial score (nSPS) is 12.8. The van der Waals surface area contributed by atoms with Crippen LogP contribution in [0.3, 0.4) is 0 Å². The van der Waals surface area contributed by atoms with Gasteiger partial charge in [-0.05, 0) is 26.2 Å². The summed E-state index contributed by atoms with van der Waals surface area (Å²) in [6.07, 6.45) is 4.89. The Bertz CT molecular complexity index is 181. The lowest BCUT2D eigenvalue weighted by molar-refractivity contribution is -0.127. The van der Waals surface area contributed by atoms with E-state index in [0.717, 1.165) is 18.9 Å². The lowest BCUT2D eigenvalue weighted by Gasteiger charge is -2.09. The number of carbonyl (C=O) groups excluding carboxylic acids is 1. The summed E-state index contributed by atoms with van der Waals surface area (Å²) in [6, 6.07) is 0. The van der Waals surface area contributed by atoms with Gasteiger partial charge in [0.2, 0.25) is 5.91 Å². The number of nitrogens with one attached hydrogen (secondary N) is 1. The molecule has 0 aliphatic carbocycles. The van der Waals surface area contributed by atoms with Gasteiger partial charge in [0.1, 0.15) is 6.61 Å². The summed E-state index contributed by atoms with van der Waals surface area (Å²) in [5, 5.41) is 2.87. The summed E-state index contributed by atoms with van der Waals surface area (Å²) in [7, 11) is 0. The molecule has 1 atom stereocenters. The molecule has 0 saturated carbocycles. The van der Waals surface area contributed by atoms with E-state index in [4.69, 9.17) is 4.74 Å². The van der Waals surface area contributed by atoms with Gasteiger partial charge in [-0.3, -0.25) is 4.79 Å². The van der Waals surface area contributed by atoms with Crippen molar-refractivity contribution in [3.05, 3.63) is 0 Å². The van der Waals surface area contributed by atoms with Gasteiger partial charge in [-0.15, -0.1) is 0 Å². The van der Waals surface area contributed by atoms with E-state index in [-0.39, 0.29) is 18.6 Å². The second-order valence-electron chi connectivity index (χ2n) is 4.72. The molecule has 1 N–H and O–H groups in total. The van der Waals surface area contributed by atoms with E-state index in [9.17, 15) is 4.79 Å². The van der Waals surface area contributed by atoms with Crippen LogP contribution in [-0.4, -0.2) is 25.2 Å². The van der Waals surface area contributed by atoms with Gasteiger partial charge in [0.15, 0.2) is 0 Å². The van der Waals surface area contributed by atoms with Gasteiger partial charge in [0, 0.05) is 6.54 Å². The number of amides is 1. The number of hydrogen-bond donors (Lipinski definition) is 1. The van der Waals surface area contributed by atoms with Crippen molar-refractivity contribution in [2.45, 2.75) is 59.5 Å². The largest absolute Gasteiger partial charge is 0.369 e. The minimum absolute atomic E-state index is 0.00256. The zero-order valence-corrected chi connectivity index (χ0v) is 11.2. The molecular weight excluding hydrogens is 202 g/mol. The molecule has 1 amide bonds. The predicted molar refractivity (Wildman–Crippen MR) is 67.4 cm³/mol. The predicted octanol–water partition coefficient (Wildman–Crippen LogP) is 2.74. The van der Waals surface area contributed by atoms with Crippen LogP contribution in [0.25, 0.3) is 0 Å². The topological polar surface area (TPSA) is 38.3 Å². The second kappa shape index (κ2) is 9.64. The fourth-order valence-electron chi connectivity index (χ4n) is 1.34. The van der Waals surface area contributed by atoms with E-state index in [1.807, 2.05) is 13.8 Å². The average molecular weight is 229 g/mol. The molecule has 0 bridgehead atoms. The average Bonchev–Trinajstić information content (AvgIpc) is 2.25. The van der Waals surface area contributed by atoms with E-state index in [1.165, 1.54) is 19.3 Å². The van der Waals surface area contributed by atoms with Gasteiger partial charge in [0.05, 0.1) is 6.10 Å². The highest BCUT2D eigenvalue weighted by Gasteiger charge is 2.02. The second-order valence-corrected chi connectivity index (χ2v) is 4.72. The smallest absolute Gasteiger partial charge is 0.246 e. The number of ether oxygens (including phenoxy) is 1. The maximum absolute atomic E-state index is 11.3. The number of rotatable bonds is 9. The molecule has 0 fully saturated rings. The van der Waals surface area contributed by atoms with Crippen LogP contribution in [-0.2, 0) is 9.53 Å². The quantitative estimate of drug-likeness (QED) is 0.617. The van der Waals surface area contributed by atoms with Crippen LogP contribution in [0.2, 0.25) is 0 Å². The van der Waals surface area contributed by atoms with Gasteiger partial charge in [-0.1, -0.05) is 33.1 Å². The Morgan fingerprint density at radius 3 is 2.50 bits per heavy atom. The molecule has 3 heteroatoms. The Hall–Kier alpha value is -0.570. The van der Waals surface area contributed by atoms with Gasteiger partial charge in [-0.2, -0.15) is 0 Å². The SMILES string of the molecule is CCC(C)CCCCNC(=O)COC(C)C. The molecule has 0 radical (unpaired) electrons. The molecule has 96 valence electrons. The first-order chi connectivity index (χ1) is 7.56. The van der Waals surface area contributed by atoms with E-state index in [1.54, 1.807) is 0 Å². The standard InChI is InChI=1S/C13H27NO2/c1-5-12(4)8-6-7-9-14-13(15)10-16-11(2)3/h11-12H,5-10H2,1-4H3,(H,14,15). The monoisotopic (exact) mass is 229 g/mol. The first-order valence-electron chi connectivity index (χ1n) is 6.44. The molecule has 0 heterocycles. The summed E-state index contributed by atoms with van der Waals surface area (Å²) < 4.78 is 5.20. The third-order valence-electron chi connectivity index (χ3n) is 2.69. The molecule has 16 heavy (non-hydrogen) atoms. The Balaban J connectivity index is 3.28. The lowest BCUT2D eigenvalue weighted by atomic mass is 10.0. The van der Waals surface area contributed by atoms with Crippen LogP contribution >= 0.6 is 0 Å². The molecule has 0 spiro atoms. The molecule has 0 aromatic heterocycles. The minimum atomic E-state index is -0.00256. The van der Waals surface area contributed by atoms with Crippen LogP contribution in [0.15, 0.2) is 0 Å². The summed E-state index contributed by atoms with van der Waals surface area (Å²) in [5.41, 5.74) is 0. The van der Waals surface area contributed by atoms with Crippen LogP contribution in [0.5, 0.6) is 0 Å². The van der Waals surface area contributed by atoms with E-state index in [0.29, 0.717) is 0 Å². The van der Waals surface area contributed by atoms with Crippen molar-refractivity contribution < 1.29 is 9.53 Å². The molecule has 0 aromatic rings. The van der Waals surface area contributed by atoms with Gasteiger partial charge in [-0.25, -0.2) is 0 Å². The summed E-state index contributed by atoms with van der Waals surface area (Å²) in [4.78, 5) is 11.3. The Morgan fingerprint density at radius 2 is 1.94 bits per heavy atom. The molecule has 0 saturated heterocycles. The van der Waals surface area contributed by atoms with Crippen LogP contribution in [0, 0.1) is 5.92 Å². The molecule has 0 rings (SSSR count). The van der Waals surface area contributed by atoms with Crippen molar-refractivity contribution in [2.24, 2.45) is 5.92 Å². The van der Waals surface area contributed by atoms with Crippen LogP contribution in [0.4, 0.5) is 0 Å². The first kappa shape index (κ1) is 15.4. The summed E-state index contributed by atoms with van der Waals surface area (Å²) in [6.45, 7) is 9.31. The van der Waals surface area contributed by atoms with Crippen molar-refractivity contribution >= 4 is 5.91 Å². The van der Waals surface area contributed by atoms with E-state index >= 15 is 0 Å². The fraction of sp³-hybridized carbons (Fsp3) is 0.923. The lowest BCUT2D eigenvalue weighted by Crippen LogP contribution is -2.29. The van der Waals surface area contributed by atoms with Crippen molar-refractivity contribution in [2.75, 3.05) is 13.2 Å². The summed E-state index contributed by atoms with van der Waals surface area (Å²) in [5.74, 6) is 0.803. The highest BCUT2D eigenvalue weighted by molar-refractivity contribution is 5.77. The Morgan fingerprint density at radius 1 is 1.25 bits per heavy atom. The first-order valence-corrected chi connectivity index (χ1v) is 6.44. The molecular formula is C13H27NO2. The van der Waals surface area contributed by atoms with Crippen molar-refractivity contribution in [1.29, 1.82) is 0 Å².